The molecule has 0 fully saturated rings. The van der Waals surface area contributed by atoms with Gasteiger partial charge in [-0.3, -0.25) is 25.8 Å². The first-order valence-electron chi connectivity index (χ1n) is 10.8. The van der Waals surface area contributed by atoms with Crippen LogP contribution < -0.4 is 25.6 Å². The Kier molecular flexibility index (Phi) is 11.0. The third kappa shape index (κ3) is 9.78. The first kappa shape index (κ1) is 25.1. The number of hydrazine groups is 1. The van der Waals surface area contributed by atoms with Crippen LogP contribution in [0.15, 0.2) is 48.5 Å². The minimum atomic E-state index is -0.432. The molecule has 0 aliphatic heterocycles. The van der Waals surface area contributed by atoms with Crippen molar-refractivity contribution < 1.29 is 19.1 Å². The fourth-order valence-corrected chi connectivity index (χ4v) is 2.89. The number of hydrogen-bond acceptors (Lipinski definition) is 5. The van der Waals surface area contributed by atoms with Gasteiger partial charge in [0.1, 0.15) is 11.5 Å². The second-order valence-electron chi connectivity index (χ2n) is 7.35. The normalized spacial score (nSPS) is 10.2. The molecule has 0 bridgehead atoms. The predicted octanol–water partition coefficient (Wildman–Crippen LogP) is 4.06. The van der Waals surface area contributed by atoms with Crippen molar-refractivity contribution >= 4 is 29.1 Å². The van der Waals surface area contributed by atoms with Crippen LogP contribution in [0.4, 0.5) is 0 Å². The Labute approximate surface area is 194 Å². The molecule has 3 N–H and O–H groups in total. The Morgan fingerprint density at radius 2 is 1.47 bits per heavy atom. The first-order valence-corrected chi connectivity index (χ1v) is 11.2. The maximum atomic E-state index is 12.3. The van der Waals surface area contributed by atoms with Crippen molar-refractivity contribution in [1.82, 2.24) is 16.2 Å². The van der Waals surface area contributed by atoms with Crippen molar-refractivity contribution in [3.63, 3.8) is 0 Å². The summed E-state index contributed by atoms with van der Waals surface area (Å²) in [7, 11) is 0. The Morgan fingerprint density at radius 1 is 0.844 bits per heavy atom. The molecule has 2 rings (SSSR count). The average molecular weight is 458 g/mol. The van der Waals surface area contributed by atoms with Gasteiger partial charge in [0, 0.05) is 5.56 Å². The third-order valence-corrected chi connectivity index (χ3v) is 4.77. The third-order valence-electron chi connectivity index (χ3n) is 4.57. The van der Waals surface area contributed by atoms with Crippen LogP contribution in [0.25, 0.3) is 0 Å². The molecule has 0 saturated heterocycles. The van der Waals surface area contributed by atoms with Crippen molar-refractivity contribution in [2.45, 2.75) is 46.0 Å². The molecule has 0 aliphatic rings. The molecule has 0 unspecified atom stereocenters. The summed E-state index contributed by atoms with van der Waals surface area (Å²) in [5, 5.41) is 2.49. The monoisotopic (exact) mass is 457 g/mol. The highest BCUT2D eigenvalue weighted by Gasteiger charge is 2.09. The van der Waals surface area contributed by atoms with Crippen LogP contribution in [0.1, 0.15) is 54.9 Å². The summed E-state index contributed by atoms with van der Waals surface area (Å²) in [6, 6.07) is 14.2. The van der Waals surface area contributed by atoms with Crippen LogP contribution in [0, 0.1) is 6.92 Å². The van der Waals surface area contributed by atoms with E-state index in [0.29, 0.717) is 17.9 Å². The molecule has 0 aromatic heterocycles. The van der Waals surface area contributed by atoms with Crippen molar-refractivity contribution in [2.24, 2.45) is 0 Å². The summed E-state index contributed by atoms with van der Waals surface area (Å²) in [6.45, 7) is 4.63. The van der Waals surface area contributed by atoms with Gasteiger partial charge >= 0.3 is 0 Å². The summed E-state index contributed by atoms with van der Waals surface area (Å²) < 4.78 is 11.1. The minimum absolute atomic E-state index is 0.0221. The van der Waals surface area contributed by atoms with Gasteiger partial charge in [0.25, 0.3) is 11.8 Å². The Hall–Kier alpha value is -3.13. The molecule has 0 aliphatic carbocycles. The van der Waals surface area contributed by atoms with Gasteiger partial charge in [-0.1, -0.05) is 50.3 Å². The molecular weight excluding hydrogens is 426 g/mol. The maximum absolute atomic E-state index is 12.3. The number of ether oxygens (including phenoxy) is 2. The zero-order chi connectivity index (χ0) is 23.2. The molecule has 32 heavy (non-hydrogen) atoms. The van der Waals surface area contributed by atoms with Crippen LogP contribution in [0.2, 0.25) is 0 Å². The van der Waals surface area contributed by atoms with Crippen molar-refractivity contribution in [1.29, 1.82) is 0 Å². The van der Waals surface area contributed by atoms with E-state index in [9.17, 15) is 9.59 Å². The van der Waals surface area contributed by atoms with Crippen LogP contribution in [0.3, 0.4) is 0 Å². The van der Waals surface area contributed by atoms with E-state index >= 15 is 0 Å². The lowest BCUT2D eigenvalue weighted by Crippen LogP contribution is -2.49. The first-order chi connectivity index (χ1) is 15.5. The summed E-state index contributed by atoms with van der Waals surface area (Å²) >= 11 is 5.04. The molecule has 172 valence electrons. The molecule has 2 amide bonds. The molecule has 8 heteroatoms. The predicted molar refractivity (Wildman–Crippen MR) is 129 cm³/mol. The lowest BCUT2D eigenvalue weighted by molar-refractivity contribution is -0.123. The van der Waals surface area contributed by atoms with Crippen LogP contribution >= 0.6 is 12.2 Å². The van der Waals surface area contributed by atoms with Crippen LogP contribution in [-0.4, -0.2) is 30.1 Å². The van der Waals surface area contributed by atoms with Gasteiger partial charge in [-0.05, 0) is 62.0 Å². The van der Waals surface area contributed by atoms with E-state index in [4.69, 9.17) is 21.7 Å². The molecule has 0 heterocycles. The van der Waals surface area contributed by atoms with E-state index in [0.717, 1.165) is 24.2 Å². The number of aryl methyl sites for hydroxylation is 1. The number of unbranched alkanes of at least 4 members (excludes halogenated alkanes) is 4. The number of benzene rings is 2. The van der Waals surface area contributed by atoms with E-state index in [-0.39, 0.29) is 11.7 Å². The summed E-state index contributed by atoms with van der Waals surface area (Å²) in [4.78, 5) is 24.1. The van der Waals surface area contributed by atoms with Crippen molar-refractivity contribution in [2.75, 3.05) is 13.2 Å². The Balaban J connectivity index is 1.65. The second kappa shape index (κ2) is 14.0. The molecule has 0 radical (unpaired) electrons. The highest BCUT2D eigenvalue weighted by atomic mass is 32.1. The van der Waals surface area contributed by atoms with Gasteiger partial charge in [0.2, 0.25) is 0 Å². The van der Waals surface area contributed by atoms with Gasteiger partial charge in [-0.15, -0.1) is 0 Å². The zero-order valence-corrected chi connectivity index (χ0v) is 19.4. The number of hydrogen-bond donors (Lipinski definition) is 3. The van der Waals surface area contributed by atoms with Gasteiger partial charge in [-0.2, -0.15) is 0 Å². The number of nitrogens with one attached hydrogen (secondary N) is 3. The highest BCUT2D eigenvalue weighted by molar-refractivity contribution is 7.80. The van der Waals surface area contributed by atoms with Gasteiger partial charge < -0.3 is 9.47 Å². The number of thiocarbonyl (C=S) groups is 1. The molecular formula is C24H31N3O4S. The average Bonchev–Trinajstić information content (AvgIpc) is 2.80. The van der Waals surface area contributed by atoms with E-state index in [1.54, 1.807) is 36.4 Å². The topological polar surface area (TPSA) is 88.7 Å². The van der Waals surface area contributed by atoms with E-state index in [1.807, 2.05) is 19.1 Å². The van der Waals surface area contributed by atoms with Gasteiger partial charge in [0.05, 0.1) is 6.61 Å². The fourth-order valence-electron chi connectivity index (χ4n) is 2.75. The van der Waals surface area contributed by atoms with Crippen LogP contribution in [-0.2, 0) is 4.79 Å². The number of carbonyl (C=O) groups excluding carboxylic acids is 2. The molecule has 7 nitrogen and oxygen atoms in total. The zero-order valence-electron chi connectivity index (χ0n) is 18.6. The lowest BCUT2D eigenvalue weighted by atomic mass is 10.2. The molecule has 0 atom stereocenters. The Bertz CT molecular complexity index is 870. The van der Waals surface area contributed by atoms with Crippen molar-refractivity contribution in [3.8, 4) is 11.5 Å². The molecule has 2 aromatic carbocycles. The maximum Gasteiger partial charge on any atom is 0.276 e. The molecule has 0 spiro atoms. The Morgan fingerprint density at radius 3 is 2.16 bits per heavy atom. The van der Waals surface area contributed by atoms with Gasteiger partial charge in [0.15, 0.2) is 11.7 Å². The van der Waals surface area contributed by atoms with Gasteiger partial charge in [-0.25, -0.2) is 0 Å². The van der Waals surface area contributed by atoms with E-state index in [2.05, 4.69) is 23.1 Å². The fraction of sp³-hybridized carbons (Fsp3) is 0.375. The van der Waals surface area contributed by atoms with E-state index in [1.165, 1.54) is 19.3 Å². The van der Waals surface area contributed by atoms with Crippen LogP contribution in [0.5, 0.6) is 11.5 Å². The smallest absolute Gasteiger partial charge is 0.276 e. The summed E-state index contributed by atoms with van der Waals surface area (Å²) in [5.74, 6) is 0.487. The quantitative estimate of drug-likeness (QED) is 0.268. The number of carbonyl (C=O) groups is 2. The highest BCUT2D eigenvalue weighted by Crippen LogP contribution is 2.13. The largest absolute Gasteiger partial charge is 0.494 e. The lowest BCUT2D eigenvalue weighted by Gasteiger charge is -2.12. The SMILES string of the molecule is CCCCCCCOc1ccc(C(=O)NC(=S)NNC(=O)COc2ccc(C)cc2)cc1. The number of amides is 2. The van der Waals surface area contributed by atoms with E-state index < -0.39 is 11.8 Å². The summed E-state index contributed by atoms with van der Waals surface area (Å²) in [6.07, 6.45) is 5.88. The van der Waals surface area contributed by atoms with Crippen molar-refractivity contribution in [3.05, 3.63) is 59.7 Å². The minimum Gasteiger partial charge on any atom is -0.494 e. The second-order valence-corrected chi connectivity index (χ2v) is 7.75. The standard InChI is InChI=1S/C24H31N3O4S/c1-3-4-5-6-7-16-30-20-14-10-19(11-15-20)23(29)25-24(32)27-26-22(28)17-31-21-12-8-18(2)9-13-21/h8-15H,3-7,16-17H2,1-2H3,(H,26,28)(H2,25,27,29,32). The molecule has 2 aromatic rings. The molecule has 0 saturated carbocycles. The number of rotatable bonds is 11. The summed E-state index contributed by atoms with van der Waals surface area (Å²) in [5.41, 5.74) is 6.40.